The number of halogens is 1. The SMILES string of the molecule is COc1cccc(C=Cc2nc3ccccc3c(=O)n2-c2ccc(Cl)cc2)c1O. The molecule has 144 valence electrons. The van der Waals surface area contributed by atoms with E-state index in [0.717, 1.165) is 0 Å². The highest BCUT2D eigenvalue weighted by molar-refractivity contribution is 6.30. The average Bonchev–Trinajstić information content (AvgIpc) is 2.74. The van der Waals surface area contributed by atoms with Gasteiger partial charge in [-0.15, -0.1) is 0 Å². The minimum absolute atomic E-state index is 0.0208. The zero-order valence-corrected chi connectivity index (χ0v) is 16.3. The molecule has 0 amide bonds. The largest absolute Gasteiger partial charge is 0.504 e. The molecule has 5 nitrogen and oxygen atoms in total. The van der Waals surface area contributed by atoms with Crippen LogP contribution < -0.4 is 10.3 Å². The molecule has 29 heavy (non-hydrogen) atoms. The van der Waals surface area contributed by atoms with Gasteiger partial charge >= 0.3 is 0 Å². The summed E-state index contributed by atoms with van der Waals surface area (Å²) >= 11 is 6.00. The van der Waals surface area contributed by atoms with Gasteiger partial charge in [-0.2, -0.15) is 0 Å². The molecule has 0 fully saturated rings. The maximum absolute atomic E-state index is 13.2. The highest BCUT2D eigenvalue weighted by atomic mass is 35.5. The smallest absolute Gasteiger partial charge is 0.266 e. The van der Waals surface area contributed by atoms with Crippen molar-refractivity contribution in [2.24, 2.45) is 0 Å². The average molecular weight is 405 g/mol. The number of hydrogen-bond donors (Lipinski definition) is 1. The first-order chi connectivity index (χ1) is 14.1. The lowest BCUT2D eigenvalue weighted by molar-refractivity contribution is 0.373. The molecule has 0 bridgehead atoms. The van der Waals surface area contributed by atoms with Gasteiger partial charge in [0, 0.05) is 10.6 Å². The van der Waals surface area contributed by atoms with Crippen molar-refractivity contribution in [2.75, 3.05) is 7.11 Å². The molecule has 0 radical (unpaired) electrons. The number of aromatic nitrogens is 2. The number of phenols is 1. The summed E-state index contributed by atoms with van der Waals surface area (Å²) in [6.07, 6.45) is 3.39. The van der Waals surface area contributed by atoms with Crippen molar-refractivity contribution < 1.29 is 9.84 Å². The summed E-state index contributed by atoms with van der Waals surface area (Å²) in [5.74, 6) is 0.819. The van der Waals surface area contributed by atoms with Gasteiger partial charge in [0.1, 0.15) is 5.82 Å². The van der Waals surface area contributed by atoms with Gasteiger partial charge in [-0.25, -0.2) is 4.98 Å². The number of phenolic OH excluding ortho intramolecular Hbond substituents is 1. The molecule has 3 aromatic carbocycles. The number of hydrogen-bond acceptors (Lipinski definition) is 4. The van der Waals surface area contributed by atoms with Crippen LogP contribution in [0.5, 0.6) is 11.5 Å². The van der Waals surface area contributed by atoms with Crippen LogP contribution in [-0.2, 0) is 0 Å². The van der Waals surface area contributed by atoms with Crippen molar-refractivity contribution in [3.05, 3.63) is 93.5 Å². The summed E-state index contributed by atoms with van der Waals surface area (Å²) in [6, 6.07) is 19.4. The van der Waals surface area contributed by atoms with Crippen LogP contribution in [0, 0.1) is 0 Å². The van der Waals surface area contributed by atoms with Crippen LogP contribution in [-0.4, -0.2) is 21.8 Å². The second kappa shape index (κ2) is 7.81. The Bertz CT molecular complexity index is 1280. The third-order valence-electron chi connectivity index (χ3n) is 4.55. The van der Waals surface area contributed by atoms with Crippen LogP contribution >= 0.6 is 11.6 Å². The van der Waals surface area contributed by atoms with Crippen LogP contribution in [0.25, 0.3) is 28.7 Å². The number of fused-ring (bicyclic) bond motifs is 1. The van der Waals surface area contributed by atoms with Crippen LogP contribution in [0.2, 0.25) is 5.02 Å². The molecule has 0 aliphatic heterocycles. The Labute approximate surface area is 172 Å². The van der Waals surface area contributed by atoms with Crippen molar-refractivity contribution in [1.29, 1.82) is 0 Å². The molecule has 4 aromatic rings. The maximum atomic E-state index is 13.2. The molecule has 0 unspecified atom stereocenters. The van der Waals surface area contributed by atoms with Crippen LogP contribution in [0.3, 0.4) is 0 Å². The summed E-state index contributed by atoms with van der Waals surface area (Å²) < 4.78 is 6.67. The Morgan fingerprint density at radius 2 is 1.76 bits per heavy atom. The molecule has 4 rings (SSSR count). The predicted molar refractivity (Wildman–Crippen MR) is 116 cm³/mol. The van der Waals surface area contributed by atoms with E-state index in [9.17, 15) is 9.90 Å². The van der Waals surface area contributed by atoms with Crippen molar-refractivity contribution in [3.63, 3.8) is 0 Å². The number of para-hydroxylation sites is 2. The Kier molecular flexibility index (Phi) is 5.06. The Morgan fingerprint density at radius 1 is 1.00 bits per heavy atom. The van der Waals surface area contributed by atoms with Gasteiger partial charge in [-0.05, 0) is 54.6 Å². The first-order valence-corrected chi connectivity index (χ1v) is 9.28. The van der Waals surface area contributed by atoms with E-state index in [1.807, 2.05) is 6.07 Å². The van der Waals surface area contributed by atoms with Gasteiger partial charge in [0.05, 0.1) is 23.7 Å². The third kappa shape index (κ3) is 3.60. The molecular formula is C23H17ClN2O3. The predicted octanol–water partition coefficient (Wildman–Crippen LogP) is 4.92. The number of rotatable bonds is 4. The fourth-order valence-corrected chi connectivity index (χ4v) is 3.23. The number of aromatic hydroxyl groups is 1. The van der Waals surface area contributed by atoms with E-state index in [1.54, 1.807) is 72.8 Å². The molecule has 0 aliphatic carbocycles. The maximum Gasteiger partial charge on any atom is 0.266 e. The number of benzene rings is 3. The minimum Gasteiger partial charge on any atom is -0.504 e. The monoisotopic (exact) mass is 404 g/mol. The summed E-state index contributed by atoms with van der Waals surface area (Å²) in [7, 11) is 1.49. The zero-order valence-electron chi connectivity index (χ0n) is 15.5. The Balaban J connectivity index is 1.92. The molecular weight excluding hydrogens is 388 g/mol. The van der Waals surface area contributed by atoms with Crippen LogP contribution in [0.1, 0.15) is 11.4 Å². The van der Waals surface area contributed by atoms with Crippen molar-refractivity contribution >= 4 is 34.7 Å². The standard InChI is InChI=1S/C23H17ClN2O3/c1-29-20-8-4-5-15(22(20)27)9-14-21-25-19-7-3-2-6-18(19)23(28)26(21)17-12-10-16(24)11-13-17/h2-14,27H,1H3. The first-order valence-electron chi connectivity index (χ1n) is 8.90. The minimum atomic E-state index is -0.188. The highest BCUT2D eigenvalue weighted by Crippen LogP contribution is 2.30. The van der Waals surface area contributed by atoms with Gasteiger partial charge < -0.3 is 9.84 Å². The van der Waals surface area contributed by atoms with E-state index in [4.69, 9.17) is 16.3 Å². The molecule has 6 heteroatoms. The van der Waals surface area contributed by atoms with E-state index in [-0.39, 0.29) is 11.3 Å². The van der Waals surface area contributed by atoms with E-state index in [2.05, 4.69) is 4.98 Å². The number of nitrogens with zero attached hydrogens (tertiary/aromatic N) is 2. The third-order valence-corrected chi connectivity index (χ3v) is 4.80. The second-order valence-electron chi connectivity index (χ2n) is 6.34. The van der Waals surface area contributed by atoms with Crippen molar-refractivity contribution in [2.45, 2.75) is 0 Å². The molecule has 1 N–H and O–H groups in total. The lowest BCUT2D eigenvalue weighted by Crippen LogP contribution is -2.22. The number of ether oxygens (including phenoxy) is 1. The first kappa shape index (κ1) is 18.8. The zero-order chi connectivity index (χ0) is 20.4. The normalized spacial score (nSPS) is 11.2. The molecule has 0 atom stereocenters. The quantitative estimate of drug-likeness (QED) is 0.524. The van der Waals surface area contributed by atoms with E-state index in [1.165, 1.54) is 11.7 Å². The summed E-state index contributed by atoms with van der Waals surface area (Å²) in [6.45, 7) is 0. The lowest BCUT2D eigenvalue weighted by atomic mass is 10.1. The second-order valence-corrected chi connectivity index (χ2v) is 6.77. The van der Waals surface area contributed by atoms with E-state index >= 15 is 0 Å². The van der Waals surface area contributed by atoms with Gasteiger partial charge in [0.25, 0.3) is 5.56 Å². The fourth-order valence-electron chi connectivity index (χ4n) is 3.10. The van der Waals surface area contributed by atoms with Crippen molar-refractivity contribution in [3.8, 4) is 17.2 Å². The Hall–Kier alpha value is -3.57. The van der Waals surface area contributed by atoms with Gasteiger partial charge in [-0.3, -0.25) is 9.36 Å². The fraction of sp³-hybridized carbons (Fsp3) is 0.0435. The van der Waals surface area contributed by atoms with E-state index in [0.29, 0.717) is 38.8 Å². The molecule has 0 spiro atoms. The molecule has 1 aromatic heterocycles. The van der Waals surface area contributed by atoms with Crippen LogP contribution in [0.4, 0.5) is 0 Å². The molecule has 0 aliphatic rings. The van der Waals surface area contributed by atoms with Crippen molar-refractivity contribution in [1.82, 2.24) is 9.55 Å². The van der Waals surface area contributed by atoms with E-state index < -0.39 is 0 Å². The van der Waals surface area contributed by atoms with Gasteiger partial charge in [0.15, 0.2) is 11.5 Å². The number of methoxy groups -OCH3 is 1. The van der Waals surface area contributed by atoms with Gasteiger partial charge in [0.2, 0.25) is 0 Å². The molecule has 1 heterocycles. The molecule has 0 saturated heterocycles. The Morgan fingerprint density at radius 3 is 2.52 bits per heavy atom. The topological polar surface area (TPSA) is 64.3 Å². The summed E-state index contributed by atoms with van der Waals surface area (Å²) in [5, 5.41) is 11.4. The molecule has 0 saturated carbocycles. The van der Waals surface area contributed by atoms with Crippen LogP contribution in [0.15, 0.2) is 71.5 Å². The highest BCUT2D eigenvalue weighted by Gasteiger charge is 2.11. The lowest BCUT2D eigenvalue weighted by Gasteiger charge is -2.12. The summed E-state index contributed by atoms with van der Waals surface area (Å²) in [4.78, 5) is 17.9. The van der Waals surface area contributed by atoms with Gasteiger partial charge in [-0.1, -0.05) is 35.9 Å². The summed E-state index contributed by atoms with van der Waals surface area (Å²) in [5.41, 5.74) is 1.60.